The summed E-state index contributed by atoms with van der Waals surface area (Å²) in [5, 5.41) is 3.21. The quantitative estimate of drug-likeness (QED) is 0.477. The molecule has 2 aromatic rings. The summed E-state index contributed by atoms with van der Waals surface area (Å²) in [7, 11) is 1.56. The lowest BCUT2D eigenvalue weighted by Crippen LogP contribution is -2.50. The van der Waals surface area contributed by atoms with Crippen molar-refractivity contribution in [2.24, 2.45) is 11.1 Å². The van der Waals surface area contributed by atoms with Crippen LogP contribution in [0.1, 0.15) is 75.2 Å². The van der Waals surface area contributed by atoms with E-state index in [1.54, 1.807) is 36.3 Å². The summed E-state index contributed by atoms with van der Waals surface area (Å²) in [6, 6.07) is 16.4. The number of nitrogens with zero attached hydrogens (tertiary/aromatic N) is 2. The van der Waals surface area contributed by atoms with E-state index in [-0.39, 0.29) is 41.3 Å². The molecule has 41 heavy (non-hydrogen) atoms. The Morgan fingerprint density at radius 3 is 2.39 bits per heavy atom. The summed E-state index contributed by atoms with van der Waals surface area (Å²) < 4.78 is 5.35. The van der Waals surface area contributed by atoms with Crippen molar-refractivity contribution in [3.05, 3.63) is 65.7 Å². The molecule has 2 unspecified atom stereocenters. The Bertz CT molecular complexity index is 1190. The first-order valence-electron chi connectivity index (χ1n) is 14.9. The lowest BCUT2D eigenvalue weighted by Gasteiger charge is -2.32. The number of hydrogen-bond donors (Lipinski definition) is 2. The van der Waals surface area contributed by atoms with E-state index in [0.29, 0.717) is 43.7 Å². The molecule has 222 valence electrons. The van der Waals surface area contributed by atoms with Crippen LogP contribution < -0.4 is 15.8 Å². The minimum absolute atomic E-state index is 0.0480. The van der Waals surface area contributed by atoms with Crippen LogP contribution in [0.5, 0.6) is 5.75 Å². The third kappa shape index (κ3) is 8.32. The van der Waals surface area contributed by atoms with E-state index in [2.05, 4.69) is 38.2 Å². The minimum Gasteiger partial charge on any atom is -0.497 e. The van der Waals surface area contributed by atoms with Gasteiger partial charge in [-0.25, -0.2) is 0 Å². The molecule has 1 aliphatic carbocycles. The van der Waals surface area contributed by atoms with Gasteiger partial charge in [0.1, 0.15) is 11.8 Å². The Hall–Kier alpha value is -3.39. The van der Waals surface area contributed by atoms with Crippen molar-refractivity contribution in [3.8, 4) is 5.75 Å². The van der Waals surface area contributed by atoms with Gasteiger partial charge in [0.05, 0.1) is 13.2 Å². The first-order chi connectivity index (χ1) is 19.5. The monoisotopic (exact) mass is 562 g/mol. The molecule has 2 fully saturated rings. The van der Waals surface area contributed by atoms with Crippen molar-refractivity contribution >= 4 is 17.7 Å². The summed E-state index contributed by atoms with van der Waals surface area (Å²) in [5.41, 5.74) is 7.50. The number of benzene rings is 2. The van der Waals surface area contributed by atoms with E-state index in [0.717, 1.165) is 31.2 Å². The van der Waals surface area contributed by atoms with Crippen molar-refractivity contribution in [2.75, 3.05) is 20.2 Å². The Morgan fingerprint density at radius 2 is 1.73 bits per heavy atom. The summed E-state index contributed by atoms with van der Waals surface area (Å²) in [4.78, 5) is 44.9. The molecule has 0 bridgehead atoms. The second-order valence-electron chi connectivity index (χ2n) is 12.8. The lowest BCUT2D eigenvalue weighted by atomic mass is 9.91. The van der Waals surface area contributed by atoms with E-state index in [1.807, 2.05) is 23.1 Å². The number of rotatable bonds is 9. The molecule has 8 nitrogen and oxygen atoms in total. The molecule has 1 heterocycles. The van der Waals surface area contributed by atoms with Gasteiger partial charge in [0.15, 0.2) is 0 Å². The Labute approximate surface area is 244 Å². The molecule has 2 aliphatic rings. The summed E-state index contributed by atoms with van der Waals surface area (Å²) in [6.07, 6.45) is 4.91. The number of carbonyl (C=O) groups excluding carboxylic acids is 3. The molecule has 0 spiro atoms. The molecule has 0 radical (unpaired) electrons. The molecular formula is C33H46N4O4. The molecule has 8 heteroatoms. The molecule has 3 N–H and O–H groups in total. The van der Waals surface area contributed by atoms with Crippen LogP contribution in [-0.4, -0.2) is 71.9 Å². The van der Waals surface area contributed by atoms with E-state index in [4.69, 9.17) is 10.5 Å². The number of ether oxygens (including phenoxy) is 1. The zero-order chi connectivity index (χ0) is 29.6. The van der Waals surface area contributed by atoms with E-state index < -0.39 is 6.04 Å². The van der Waals surface area contributed by atoms with E-state index >= 15 is 0 Å². The summed E-state index contributed by atoms with van der Waals surface area (Å²) >= 11 is 0. The molecule has 3 amide bonds. The fourth-order valence-electron chi connectivity index (χ4n) is 5.96. The van der Waals surface area contributed by atoms with Crippen molar-refractivity contribution < 1.29 is 19.1 Å². The van der Waals surface area contributed by atoms with Crippen LogP contribution in [-0.2, 0) is 16.0 Å². The standard InChI is InChI=1S/C33H46N4O4/c1-33(2,3)21-30(38)36(18-17-23-9-6-5-7-10-23)27-20-29(31(39)35-26-15-13-25(34)14-16-26)37(22-27)32(40)24-11-8-12-28(19-24)41-4/h5-12,19,25-27,29H,13-18,20-22,34H2,1-4H3,(H,35,39). The van der Waals surface area contributed by atoms with Gasteiger partial charge in [-0.2, -0.15) is 0 Å². The fourth-order valence-corrected chi connectivity index (χ4v) is 5.96. The Morgan fingerprint density at radius 1 is 1.02 bits per heavy atom. The third-order valence-electron chi connectivity index (χ3n) is 8.20. The molecule has 4 rings (SSSR count). The highest BCUT2D eigenvalue weighted by Gasteiger charge is 2.44. The van der Waals surface area contributed by atoms with Gasteiger partial charge in [0.25, 0.3) is 5.91 Å². The maximum atomic E-state index is 13.9. The van der Waals surface area contributed by atoms with Gasteiger partial charge < -0.3 is 25.6 Å². The number of amides is 3. The number of nitrogens with two attached hydrogens (primary N) is 1. The highest BCUT2D eigenvalue weighted by molar-refractivity contribution is 5.98. The summed E-state index contributed by atoms with van der Waals surface area (Å²) in [6.45, 7) is 6.99. The largest absolute Gasteiger partial charge is 0.497 e. The van der Waals surface area contributed by atoms with E-state index in [1.165, 1.54) is 0 Å². The first-order valence-corrected chi connectivity index (χ1v) is 14.9. The zero-order valence-electron chi connectivity index (χ0n) is 25.0. The average molecular weight is 563 g/mol. The number of likely N-dealkylation sites (tertiary alicyclic amines) is 1. The van der Waals surface area contributed by atoms with Crippen LogP contribution in [0.2, 0.25) is 0 Å². The minimum atomic E-state index is -0.670. The molecule has 1 aliphatic heterocycles. The van der Waals surface area contributed by atoms with Crippen molar-refractivity contribution in [1.82, 2.24) is 15.1 Å². The van der Waals surface area contributed by atoms with Crippen LogP contribution in [0.3, 0.4) is 0 Å². The second-order valence-corrected chi connectivity index (χ2v) is 12.8. The fraction of sp³-hybridized carbons (Fsp3) is 0.545. The first kappa shape index (κ1) is 30.6. The topological polar surface area (TPSA) is 105 Å². The predicted molar refractivity (Wildman–Crippen MR) is 161 cm³/mol. The highest BCUT2D eigenvalue weighted by atomic mass is 16.5. The average Bonchev–Trinajstić information content (AvgIpc) is 3.39. The van der Waals surface area contributed by atoms with Gasteiger partial charge in [0.2, 0.25) is 11.8 Å². The van der Waals surface area contributed by atoms with Crippen LogP contribution in [0.25, 0.3) is 0 Å². The van der Waals surface area contributed by atoms with Gasteiger partial charge >= 0.3 is 0 Å². The van der Waals surface area contributed by atoms with Crippen LogP contribution >= 0.6 is 0 Å². The normalized spacial score (nSPS) is 22.7. The summed E-state index contributed by atoms with van der Waals surface area (Å²) in [5.74, 6) is 0.240. The van der Waals surface area contributed by atoms with Gasteiger partial charge in [-0.05, 0) is 67.7 Å². The van der Waals surface area contributed by atoms with Crippen molar-refractivity contribution in [2.45, 2.75) is 89.9 Å². The van der Waals surface area contributed by atoms with Gasteiger partial charge in [0, 0.05) is 37.2 Å². The third-order valence-corrected chi connectivity index (χ3v) is 8.20. The molecular weight excluding hydrogens is 516 g/mol. The Balaban J connectivity index is 1.59. The highest BCUT2D eigenvalue weighted by Crippen LogP contribution is 2.29. The van der Waals surface area contributed by atoms with Crippen molar-refractivity contribution in [3.63, 3.8) is 0 Å². The van der Waals surface area contributed by atoms with Gasteiger partial charge in [-0.3, -0.25) is 14.4 Å². The van der Waals surface area contributed by atoms with Gasteiger partial charge in [-0.1, -0.05) is 57.2 Å². The number of methoxy groups -OCH3 is 1. The molecule has 1 saturated heterocycles. The molecule has 2 aromatic carbocycles. The van der Waals surface area contributed by atoms with Crippen molar-refractivity contribution in [1.29, 1.82) is 0 Å². The second kappa shape index (κ2) is 13.5. The van der Waals surface area contributed by atoms with Gasteiger partial charge in [-0.15, -0.1) is 0 Å². The van der Waals surface area contributed by atoms with Crippen LogP contribution in [0.4, 0.5) is 0 Å². The smallest absolute Gasteiger partial charge is 0.254 e. The molecule has 0 aromatic heterocycles. The SMILES string of the molecule is COc1cccc(C(=O)N2CC(N(CCc3ccccc3)C(=O)CC(C)(C)C)CC2C(=O)NC2CCC(N)CC2)c1. The number of carbonyl (C=O) groups is 3. The van der Waals surface area contributed by atoms with Crippen LogP contribution in [0, 0.1) is 5.41 Å². The molecule has 1 saturated carbocycles. The maximum absolute atomic E-state index is 13.9. The maximum Gasteiger partial charge on any atom is 0.254 e. The van der Waals surface area contributed by atoms with E-state index in [9.17, 15) is 14.4 Å². The number of nitrogens with one attached hydrogen (secondary N) is 1. The molecule has 2 atom stereocenters. The zero-order valence-corrected chi connectivity index (χ0v) is 25.0. The Kier molecular flexibility index (Phi) is 10.1. The lowest BCUT2D eigenvalue weighted by molar-refractivity contribution is -0.135. The predicted octanol–water partition coefficient (Wildman–Crippen LogP) is 4.17. The van der Waals surface area contributed by atoms with Crippen LogP contribution in [0.15, 0.2) is 54.6 Å². The number of hydrogen-bond acceptors (Lipinski definition) is 5.